The van der Waals surface area contributed by atoms with Crippen LogP contribution in [0.1, 0.15) is 29.7 Å². The quantitative estimate of drug-likeness (QED) is 0.847. The van der Waals surface area contributed by atoms with Crippen LogP contribution in [0.25, 0.3) is 0 Å². The Hall–Kier alpha value is -2.53. The van der Waals surface area contributed by atoms with Crippen molar-refractivity contribution in [2.45, 2.75) is 25.8 Å². The molecule has 3 rings (SSSR count). The summed E-state index contributed by atoms with van der Waals surface area (Å²) in [6, 6.07) is 12.9. The van der Waals surface area contributed by atoms with Gasteiger partial charge in [-0.2, -0.15) is 0 Å². The molecule has 0 radical (unpaired) electrons. The number of ether oxygens (including phenoxy) is 1. The molecule has 1 aliphatic rings. The van der Waals surface area contributed by atoms with Gasteiger partial charge in [-0.1, -0.05) is 41.9 Å². The summed E-state index contributed by atoms with van der Waals surface area (Å²) in [5.41, 5.74) is 8.07. The number of hydrogen-bond donors (Lipinski definition) is 1. The first-order valence-electron chi connectivity index (χ1n) is 8.52. The lowest BCUT2D eigenvalue weighted by molar-refractivity contribution is -0.136. The summed E-state index contributed by atoms with van der Waals surface area (Å²) >= 11 is 6.18. The molecule has 2 amide bonds. The monoisotopic (exact) mass is 372 g/mol. The van der Waals surface area contributed by atoms with E-state index in [0.29, 0.717) is 11.6 Å². The highest BCUT2D eigenvalue weighted by atomic mass is 35.5. The molecule has 136 valence electrons. The number of hydrogen-bond acceptors (Lipinski definition) is 3. The smallest absolute Gasteiger partial charge is 0.237 e. The molecular weight excluding hydrogens is 352 g/mol. The highest BCUT2D eigenvalue weighted by Gasteiger charge is 2.26. The maximum absolute atomic E-state index is 13.0. The minimum absolute atomic E-state index is 0.105. The molecule has 0 aliphatic carbocycles. The van der Waals surface area contributed by atoms with Crippen LogP contribution in [0.15, 0.2) is 42.5 Å². The van der Waals surface area contributed by atoms with Crippen LogP contribution in [0, 0.1) is 0 Å². The van der Waals surface area contributed by atoms with Crippen molar-refractivity contribution >= 4 is 23.4 Å². The standard InChI is InChI=1S/C20H21ClN2O3/c1-13(14-5-3-2-4-6-14)23(12-18(22)24)19(25)11-16-10-17(21)9-15-7-8-26-20(15)16/h2-6,9-10,13H,7-8,11-12H2,1H3,(H2,22,24)/t13-/m1/s1. The number of halogens is 1. The van der Waals surface area contributed by atoms with Crippen molar-refractivity contribution in [1.29, 1.82) is 0 Å². The molecule has 0 aromatic heterocycles. The first-order valence-corrected chi connectivity index (χ1v) is 8.90. The van der Waals surface area contributed by atoms with Crippen LogP contribution >= 0.6 is 11.6 Å². The Balaban J connectivity index is 1.86. The Morgan fingerprint density at radius 3 is 2.69 bits per heavy atom. The molecule has 2 aromatic carbocycles. The fourth-order valence-electron chi connectivity index (χ4n) is 3.26. The van der Waals surface area contributed by atoms with Gasteiger partial charge in [0.1, 0.15) is 5.75 Å². The molecule has 1 atom stereocenters. The van der Waals surface area contributed by atoms with Crippen molar-refractivity contribution in [3.63, 3.8) is 0 Å². The van der Waals surface area contributed by atoms with Crippen LogP contribution in [0.4, 0.5) is 0 Å². The van der Waals surface area contributed by atoms with E-state index in [4.69, 9.17) is 22.1 Å². The van der Waals surface area contributed by atoms with E-state index in [0.717, 1.165) is 28.9 Å². The molecule has 5 nitrogen and oxygen atoms in total. The molecule has 2 N–H and O–H groups in total. The molecule has 0 saturated heterocycles. The van der Waals surface area contributed by atoms with Gasteiger partial charge in [0.25, 0.3) is 0 Å². The topological polar surface area (TPSA) is 72.6 Å². The van der Waals surface area contributed by atoms with Gasteiger partial charge in [0, 0.05) is 17.0 Å². The van der Waals surface area contributed by atoms with Crippen LogP contribution in [-0.2, 0) is 22.4 Å². The first-order chi connectivity index (χ1) is 12.5. The summed E-state index contributed by atoms with van der Waals surface area (Å²) in [7, 11) is 0. The predicted octanol–water partition coefficient (Wildman–Crippen LogP) is 2.89. The normalized spacial score (nSPS) is 13.6. The Morgan fingerprint density at radius 1 is 1.27 bits per heavy atom. The van der Waals surface area contributed by atoms with E-state index in [2.05, 4.69) is 0 Å². The van der Waals surface area contributed by atoms with E-state index in [1.54, 1.807) is 6.07 Å². The highest BCUT2D eigenvalue weighted by Crippen LogP contribution is 2.34. The maximum Gasteiger partial charge on any atom is 0.237 e. The number of amides is 2. The number of rotatable bonds is 6. The second-order valence-corrected chi connectivity index (χ2v) is 6.84. The first kappa shape index (κ1) is 18.3. The van der Waals surface area contributed by atoms with Crippen molar-refractivity contribution in [2.75, 3.05) is 13.2 Å². The van der Waals surface area contributed by atoms with Gasteiger partial charge in [-0.15, -0.1) is 0 Å². The Bertz CT molecular complexity index is 823. The zero-order valence-corrected chi connectivity index (χ0v) is 15.3. The summed E-state index contributed by atoms with van der Waals surface area (Å²) in [5.74, 6) is -0.0111. The number of carbonyl (C=O) groups excluding carboxylic acids is 2. The van der Waals surface area contributed by atoms with Crippen LogP contribution in [0.5, 0.6) is 5.75 Å². The Kier molecular flexibility index (Phi) is 5.47. The largest absolute Gasteiger partial charge is 0.493 e. The number of fused-ring (bicyclic) bond motifs is 1. The van der Waals surface area contributed by atoms with E-state index in [1.165, 1.54) is 4.90 Å². The Morgan fingerprint density at radius 2 is 2.00 bits per heavy atom. The molecule has 0 saturated carbocycles. The van der Waals surface area contributed by atoms with Gasteiger partial charge in [0.15, 0.2) is 0 Å². The second kappa shape index (κ2) is 7.79. The number of nitrogens with zero attached hydrogens (tertiary/aromatic N) is 1. The van der Waals surface area contributed by atoms with Gasteiger partial charge in [-0.25, -0.2) is 0 Å². The van der Waals surface area contributed by atoms with Crippen molar-refractivity contribution in [3.05, 3.63) is 64.2 Å². The zero-order valence-electron chi connectivity index (χ0n) is 14.6. The third-order valence-electron chi connectivity index (χ3n) is 4.56. The van der Waals surface area contributed by atoms with Crippen LogP contribution in [-0.4, -0.2) is 29.9 Å². The fourth-order valence-corrected chi connectivity index (χ4v) is 3.53. The number of carbonyl (C=O) groups is 2. The minimum atomic E-state index is -0.547. The highest BCUT2D eigenvalue weighted by molar-refractivity contribution is 6.30. The lowest BCUT2D eigenvalue weighted by atomic mass is 10.0. The van der Waals surface area contributed by atoms with Crippen molar-refractivity contribution in [3.8, 4) is 5.75 Å². The second-order valence-electron chi connectivity index (χ2n) is 6.40. The van der Waals surface area contributed by atoms with Crippen molar-refractivity contribution in [2.24, 2.45) is 5.73 Å². The minimum Gasteiger partial charge on any atom is -0.493 e. The van der Waals surface area contributed by atoms with E-state index in [1.807, 2.05) is 43.3 Å². The molecule has 0 unspecified atom stereocenters. The molecule has 26 heavy (non-hydrogen) atoms. The van der Waals surface area contributed by atoms with E-state index in [-0.39, 0.29) is 24.9 Å². The third kappa shape index (κ3) is 3.99. The van der Waals surface area contributed by atoms with Crippen LogP contribution in [0.2, 0.25) is 5.02 Å². The molecule has 1 heterocycles. The van der Waals surface area contributed by atoms with Crippen LogP contribution < -0.4 is 10.5 Å². The predicted molar refractivity (Wildman–Crippen MR) is 100 cm³/mol. The maximum atomic E-state index is 13.0. The lowest BCUT2D eigenvalue weighted by Gasteiger charge is -2.29. The summed E-state index contributed by atoms with van der Waals surface area (Å²) in [4.78, 5) is 26.0. The summed E-state index contributed by atoms with van der Waals surface area (Å²) in [6.07, 6.45) is 0.885. The van der Waals surface area contributed by atoms with Gasteiger partial charge in [-0.05, 0) is 30.2 Å². The molecule has 1 aliphatic heterocycles. The van der Waals surface area contributed by atoms with Crippen molar-refractivity contribution in [1.82, 2.24) is 4.90 Å². The van der Waals surface area contributed by atoms with Crippen LogP contribution in [0.3, 0.4) is 0 Å². The number of nitrogens with two attached hydrogens (primary N) is 1. The average molecular weight is 373 g/mol. The Labute approximate surface area is 157 Å². The van der Waals surface area contributed by atoms with Gasteiger partial charge >= 0.3 is 0 Å². The zero-order chi connectivity index (χ0) is 18.7. The molecular formula is C20H21ClN2O3. The van der Waals surface area contributed by atoms with E-state index in [9.17, 15) is 9.59 Å². The molecule has 0 spiro atoms. The SMILES string of the molecule is C[C@H](c1ccccc1)N(CC(N)=O)C(=O)Cc1cc(Cl)cc2c1OCC2. The molecule has 2 aromatic rings. The van der Waals surface area contributed by atoms with Gasteiger partial charge in [0.05, 0.1) is 25.6 Å². The lowest BCUT2D eigenvalue weighted by Crippen LogP contribution is -2.41. The molecule has 6 heteroatoms. The van der Waals surface area contributed by atoms with Gasteiger partial charge in [-0.3, -0.25) is 9.59 Å². The van der Waals surface area contributed by atoms with Gasteiger partial charge < -0.3 is 15.4 Å². The van der Waals surface area contributed by atoms with E-state index >= 15 is 0 Å². The molecule has 0 bridgehead atoms. The van der Waals surface area contributed by atoms with Crippen molar-refractivity contribution < 1.29 is 14.3 Å². The van der Waals surface area contributed by atoms with Gasteiger partial charge in [0.2, 0.25) is 11.8 Å². The van der Waals surface area contributed by atoms with E-state index < -0.39 is 5.91 Å². The summed E-state index contributed by atoms with van der Waals surface area (Å²) in [6.45, 7) is 2.33. The summed E-state index contributed by atoms with van der Waals surface area (Å²) in [5, 5.41) is 0.578. The molecule has 0 fully saturated rings. The average Bonchev–Trinajstić information content (AvgIpc) is 3.08. The number of primary amides is 1. The third-order valence-corrected chi connectivity index (χ3v) is 4.78. The number of benzene rings is 2. The fraction of sp³-hybridized carbons (Fsp3) is 0.300. The summed E-state index contributed by atoms with van der Waals surface area (Å²) < 4.78 is 5.67.